The Morgan fingerprint density at radius 3 is 2.39 bits per heavy atom. The number of benzene rings is 3. The van der Waals surface area contributed by atoms with Gasteiger partial charge in [0.05, 0.1) is 15.7 Å². The van der Waals surface area contributed by atoms with Gasteiger partial charge in [-0.05, 0) is 53.1 Å². The van der Waals surface area contributed by atoms with Crippen LogP contribution in [0.1, 0.15) is 16.7 Å². The molecular weight excluding hydrogens is 534 g/mol. The summed E-state index contributed by atoms with van der Waals surface area (Å²) < 4.78 is 14.7. The largest absolute Gasteiger partial charge is 0.335 e. The molecule has 3 aromatic carbocycles. The standard InChI is InChI=1S/C24H14BrCl2FN2O3/c25-18-10-13(5-6-14(18)11-15-3-1-2-4-21(15)28)9-17-22(31)29-24(33)30(23(17)32)16-7-8-19(26)20(27)12-16/h1-10,12H,11H2,(H,29,31,33)/b17-9+. The summed E-state index contributed by atoms with van der Waals surface area (Å²) in [4.78, 5) is 38.6. The minimum absolute atomic E-state index is 0.159. The summed E-state index contributed by atoms with van der Waals surface area (Å²) in [5.74, 6) is -1.91. The van der Waals surface area contributed by atoms with Gasteiger partial charge in [-0.2, -0.15) is 0 Å². The topological polar surface area (TPSA) is 66.5 Å². The number of anilines is 1. The molecule has 9 heteroatoms. The Kier molecular flexibility index (Phi) is 6.65. The molecule has 0 radical (unpaired) electrons. The highest BCUT2D eigenvalue weighted by Gasteiger charge is 2.37. The lowest BCUT2D eigenvalue weighted by molar-refractivity contribution is -0.122. The van der Waals surface area contributed by atoms with Crippen molar-refractivity contribution in [2.24, 2.45) is 0 Å². The number of nitrogens with zero attached hydrogens (tertiary/aromatic N) is 1. The Bertz CT molecular complexity index is 1340. The first-order valence-corrected chi connectivity index (χ1v) is 11.2. The average molecular weight is 548 g/mol. The van der Waals surface area contributed by atoms with Crippen molar-refractivity contribution in [2.45, 2.75) is 6.42 Å². The van der Waals surface area contributed by atoms with Crippen LogP contribution in [-0.2, 0) is 16.0 Å². The number of hydrogen-bond donors (Lipinski definition) is 1. The summed E-state index contributed by atoms with van der Waals surface area (Å²) in [5.41, 5.74) is 1.86. The first-order chi connectivity index (χ1) is 15.7. The molecule has 5 nitrogen and oxygen atoms in total. The molecular formula is C24H14BrCl2FN2O3. The first-order valence-electron chi connectivity index (χ1n) is 9.63. The van der Waals surface area contributed by atoms with Crippen LogP contribution in [0.25, 0.3) is 6.08 Å². The van der Waals surface area contributed by atoms with Crippen LogP contribution in [0.15, 0.2) is 70.7 Å². The van der Waals surface area contributed by atoms with Crippen LogP contribution in [-0.4, -0.2) is 17.8 Å². The third-order valence-electron chi connectivity index (χ3n) is 4.99. The monoisotopic (exact) mass is 546 g/mol. The van der Waals surface area contributed by atoms with Crippen LogP contribution in [0, 0.1) is 5.82 Å². The van der Waals surface area contributed by atoms with E-state index in [1.54, 1.807) is 36.4 Å². The second-order valence-corrected chi connectivity index (χ2v) is 8.84. The van der Waals surface area contributed by atoms with Crippen LogP contribution in [0.3, 0.4) is 0 Å². The summed E-state index contributed by atoms with van der Waals surface area (Å²) in [5, 5.41) is 2.58. The second-order valence-electron chi connectivity index (χ2n) is 7.18. The lowest BCUT2D eigenvalue weighted by Crippen LogP contribution is -2.54. The fraction of sp³-hybridized carbons (Fsp3) is 0.0417. The summed E-state index contributed by atoms with van der Waals surface area (Å²) in [7, 11) is 0. The first kappa shape index (κ1) is 23.2. The highest BCUT2D eigenvalue weighted by atomic mass is 79.9. The predicted molar refractivity (Wildman–Crippen MR) is 129 cm³/mol. The fourth-order valence-electron chi connectivity index (χ4n) is 3.33. The molecule has 1 saturated heterocycles. The summed E-state index contributed by atoms with van der Waals surface area (Å²) in [6.45, 7) is 0. The van der Waals surface area contributed by atoms with Gasteiger partial charge in [-0.1, -0.05) is 69.5 Å². The SMILES string of the molecule is O=C1NC(=O)N(c2ccc(Cl)c(Cl)c2)C(=O)/C1=C/c1ccc(Cc2ccccc2F)c(Br)c1. The van der Waals surface area contributed by atoms with E-state index in [1.807, 2.05) is 0 Å². The van der Waals surface area contributed by atoms with Gasteiger partial charge in [0, 0.05) is 10.9 Å². The number of halogens is 4. The van der Waals surface area contributed by atoms with E-state index in [4.69, 9.17) is 23.2 Å². The molecule has 4 rings (SSSR count). The molecule has 4 amide bonds. The van der Waals surface area contributed by atoms with Crippen molar-refractivity contribution in [2.75, 3.05) is 4.90 Å². The maximum absolute atomic E-state index is 14.0. The molecule has 0 atom stereocenters. The van der Waals surface area contributed by atoms with Crippen LogP contribution < -0.4 is 10.2 Å². The summed E-state index contributed by atoms with van der Waals surface area (Å²) in [6.07, 6.45) is 1.75. The van der Waals surface area contributed by atoms with E-state index in [0.717, 1.165) is 10.5 Å². The van der Waals surface area contributed by atoms with Crippen molar-refractivity contribution in [3.05, 3.63) is 103 Å². The number of carbonyl (C=O) groups is 3. The van der Waals surface area contributed by atoms with Gasteiger partial charge >= 0.3 is 6.03 Å². The van der Waals surface area contributed by atoms with Crippen LogP contribution in [0.2, 0.25) is 10.0 Å². The van der Waals surface area contributed by atoms with Gasteiger partial charge in [0.2, 0.25) is 0 Å². The van der Waals surface area contributed by atoms with Gasteiger partial charge in [0.25, 0.3) is 11.8 Å². The Labute approximate surface area is 206 Å². The van der Waals surface area contributed by atoms with Gasteiger partial charge in [-0.25, -0.2) is 14.1 Å². The van der Waals surface area contributed by atoms with Gasteiger partial charge in [0.15, 0.2) is 0 Å². The smallest absolute Gasteiger partial charge is 0.273 e. The van der Waals surface area contributed by atoms with Gasteiger partial charge in [-0.15, -0.1) is 0 Å². The summed E-state index contributed by atoms with van der Waals surface area (Å²) in [6, 6.07) is 15.1. The molecule has 166 valence electrons. The third-order valence-corrected chi connectivity index (χ3v) is 6.47. The molecule has 1 aliphatic rings. The number of barbiturate groups is 1. The van der Waals surface area contributed by atoms with Crippen molar-refractivity contribution >= 4 is 68.7 Å². The quantitative estimate of drug-likeness (QED) is 0.314. The molecule has 1 N–H and O–H groups in total. The Balaban J connectivity index is 1.64. The summed E-state index contributed by atoms with van der Waals surface area (Å²) >= 11 is 15.4. The van der Waals surface area contributed by atoms with Crippen molar-refractivity contribution in [1.29, 1.82) is 0 Å². The highest BCUT2D eigenvalue weighted by molar-refractivity contribution is 9.10. The van der Waals surface area contributed by atoms with Crippen molar-refractivity contribution in [3.8, 4) is 0 Å². The lowest BCUT2D eigenvalue weighted by atomic mass is 10.0. The zero-order valence-corrected chi connectivity index (χ0v) is 19.8. The molecule has 1 heterocycles. The lowest BCUT2D eigenvalue weighted by Gasteiger charge is -2.26. The van der Waals surface area contributed by atoms with Gasteiger partial charge < -0.3 is 0 Å². The molecule has 1 fully saturated rings. The maximum Gasteiger partial charge on any atom is 0.335 e. The number of rotatable bonds is 4. The van der Waals surface area contributed by atoms with Crippen LogP contribution >= 0.6 is 39.1 Å². The van der Waals surface area contributed by atoms with E-state index in [1.165, 1.54) is 30.3 Å². The Morgan fingerprint density at radius 1 is 0.939 bits per heavy atom. The van der Waals surface area contributed by atoms with Crippen molar-refractivity contribution in [1.82, 2.24) is 5.32 Å². The Hall–Kier alpha value is -3.00. The predicted octanol–water partition coefficient (Wildman–Crippen LogP) is 6.15. The molecule has 0 spiro atoms. The number of imide groups is 2. The van der Waals surface area contributed by atoms with E-state index in [2.05, 4.69) is 21.2 Å². The molecule has 0 unspecified atom stereocenters. The zero-order valence-electron chi connectivity index (χ0n) is 16.7. The second kappa shape index (κ2) is 9.47. The zero-order chi connectivity index (χ0) is 23.7. The van der Waals surface area contributed by atoms with Crippen molar-refractivity contribution < 1.29 is 18.8 Å². The van der Waals surface area contributed by atoms with E-state index in [0.29, 0.717) is 22.0 Å². The molecule has 0 aliphatic carbocycles. The third kappa shape index (κ3) is 4.85. The number of nitrogens with one attached hydrogen (secondary N) is 1. The number of urea groups is 1. The molecule has 0 saturated carbocycles. The number of hydrogen-bond acceptors (Lipinski definition) is 3. The molecule has 33 heavy (non-hydrogen) atoms. The van der Waals surface area contributed by atoms with Gasteiger partial charge in [0.1, 0.15) is 11.4 Å². The number of carbonyl (C=O) groups excluding carboxylic acids is 3. The molecule has 3 aromatic rings. The molecule has 0 bridgehead atoms. The average Bonchev–Trinajstić information content (AvgIpc) is 2.76. The fourth-order valence-corrected chi connectivity index (χ4v) is 4.16. The van der Waals surface area contributed by atoms with E-state index in [9.17, 15) is 18.8 Å². The van der Waals surface area contributed by atoms with Crippen LogP contribution in [0.4, 0.5) is 14.9 Å². The highest BCUT2D eigenvalue weighted by Crippen LogP contribution is 2.30. The van der Waals surface area contributed by atoms with Crippen molar-refractivity contribution in [3.63, 3.8) is 0 Å². The van der Waals surface area contributed by atoms with Crippen LogP contribution in [0.5, 0.6) is 0 Å². The van der Waals surface area contributed by atoms with E-state index in [-0.39, 0.29) is 27.1 Å². The van der Waals surface area contributed by atoms with E-state index < -0.39 is 17.8 Å². The maximum atomic E-state index is 14.0. The minimum atomic E-state index is -0.887. The number of amides is 4. The molecule has 1 aliphatic heterocycles. The van der Waals surface area contributed by atoms with E-state index >= 15 is 0 Å². The molecule has 0 aromatic heterocycles. The Morgan fingerprint density at radius 2 is 1.70 bits per heavy atom. The van der Waals surface area contributed by atoms with Gasteiger partial charge in [-0.3, -0.25) is 14.9 Å². The normalized spacial score (nSPS) is 15.2. The minimum Gasteiger partial charge on any atom is -0.273 e.